The summed E-state index contributed by atoms with van der Waals surface area (Å²) in [5.41, 5.74) is 4.22. The zero-order valence-corrected chi connectivity index (χ0v) is 9.79. The molecule has 16 heavy (non-hydrogen) atoms. The van der Waals surface area contributed by atoms with Gasteiger partial charge in [-0.05, 0) is 30.0 Å². The van der Waals surface area contributed by atoms with Crippen molar-refractivity contribution in [2.75, 3.05) is 0 Å². The number of rotatable bonds is 2. The molecule has 1 aromatic carbocycles. The highest BCUT2D eigenvalue weighted by Gasteiger charge is 2.07. The van der Waals surface area contributed by atoms with E-state index in [1.54, 1.807) is 6.20 Å². The lowest BCUT2D eigenvalue weighted by Gasteiger charge is -2.09. The summed E-state index contributed by atoms with van der Waals surface area (Å²) in [5.74, 6) is 0.491. The standard InChI is InChI=1S/C13H16N2O/c1-8(2)10-5-4-9(3)11(6-10)12-7-14-13(16)15-12/h4-8H,1-3H3,(H2,14,15,16). The zero-order chi connectivity index (χ0) is 11.7. The fourth-order valence-corrected chi connectivity index (χ4v) is 1.77. The maximum atomic E-state index is 11.1. The van der Waals surface area contributed by atoms with Crippen molar-refractivity contribution in [3.8, 4) is 11.3 Å². The second-order valence-corrected chi connectivity index (χ2v) is 4.39. The molecule has 0 bridgehead atoms. The van der Waals surface area contributed by atoms with Crippen molar-refractivity contribution in [2.45, 2.75) is 26.7 Å². The van der Waals surface area contributed by atoms with E-state index in [1.165, 1.54) is 11.1 Å². The SMILES string of the molecule is Cc1ccc(C(C)C)cc1-c1c[nH]c(=O)[nH]1. The van der Waals surface area contributed by atoms with Crippen LogP contribution < -0.4 is 5.69 Å². The molecule has 0 saturated carbocycles. The van der Waals surface area contributed by atoms with Gasteiger partial charge in [0.1, 0.15) is 0 Å². The molecule has 1 heterocycles. The lowest BCUT2D eigenvalue weighted by atomic mass is 9.97. The summed E-state index contributed by atoms with van der Waals surface area (Å²) in [6, 6.07) is 6.36. The highest BCUT2D eigenvalue weighted by atomic mass is 16.1. The van der Waals surface area contributed by atoms with E-state index in [9.17, 15) is 4.79 Å². The van der Waals surface area contributed by atoms with Gasteiger partial charge in [0.15, 0.2) is 0 Å². The van der Waals surface area contributed by atoms with Gasteiger partial charge < -0.3 is 9.97 Å². The van der Waals surface area contributed by atoms with Gasteiger partial charge in [-0.1, -0.05) is 26.0 Å². The average molecular weight is 216 g/mol. The second kappa shape index (κ2) is 4.00. The fraction of sp³-hybridized carbons (Fsp3) is 0.308. The molecule has 0 atom stereocenters. The molecule has 0 aliphatic carbocycles. The molecule has 2 aromatic rings. The number of aryl methyl sites for hydroxylation is 1. The van der Waals surface area contributed by atoms with Crippen LogP contribution in [0, 0.1) is 6.92 Å². The van der Waals surface area contributed by atoms with Crippen LogP contribution in [-0.4, -0.2) is 9.97 Å². The summed E-state index contributed by atoms with van der Waals surface area (Å²) in [7, 11) is 0. The average Bonchev–Trinajstić information content (AvgIpc) is 2.65. The zero-order valence-electron chi connectivity index (χ0n) is 9.79. The van der Waals surface area contributed by atoms with Crippen molar-refractivity contribution < 1.29 is 0 Å². The van der Waals surface area contributed by atoms with Crippen LogP contribution in [0.15, 0.2) is 29.2 Å². The molecule has 0 amide bonds. The first kappa shape index (κ1) is 10.7. The van der Waals surface area contributed by atoms with Gasteiger partial charge in [0.25, 0.3) is 0 Å². The third-order valence-corrected chi connectivity index (χ3v) is 2.81. The van der Waals surface area contributed by atoms with Crippen LogP contribution >= 0.6 is 0 Å². The van der Waals surface area contributed by atoms with E-state index in [0.717, 1.165) is 11.3 Å². The summed E-state index contributed by atoms with van der Waals surface area (Å²) in [5, 5.41) is 0. The Morgan fingerprint density at radius 1 is 1.25 bits per heavy atom. The molecular formula is C13H16N2O. The number of imidazole rings is 1. The summed E-state index contributed by atoms with van der Waals surface area (Å²) >= 11 is 0. The van der Waals surface area contributed by atoms with Crippen molar-refractivity contribution in [2.24, 2.45) is 0 Å². The van der Waals surface area contributed by atoms with E-state index >= 15 is 0 Å². The number of hydrogen-bond donors (Lipinski definition) is 2. The van der Waals surface area contributed by atoms with Crippen LogP contribution in [0.5, 0.6) is 0 Å². The highest BCUT2D eigenvalue weighted by molar-refractivity contribution is 5.63. The summed E-state index contributed by atoms with van der Waals surface area (Å²) < 4.78 is 0. The monoisotopic (exact) mass is 216 g/mol. The summed E-state index contributed by atoms with van der Waals surface area (Å²) in [6.45, 7) is 6.37. The predicted octanol–water partition coefficient (Wildman–Crippen LogP) is 2.80. The second-order valence-electron chi connectivity index (χ2n) is 4.39. The van der Waals surface area contributed by atoms with Crippen LogP contribution in [0.2, 0.25) is 0 Å². The minimum Gasteiger partial charge on any atom is -0.312 e. The topological polar surface area (TPSA) is 48.6 Å². The third-order valence-electron chi connectivity index (χ3n) is 2.81. The quantitative estimate of drug-likeness (QED) is 0.796. The molecule has 0 spiro atoms. The molecule has 0 fully saturated rings. The Kier molecular flexibility index (Phi) is 2.69. The van der Waals surface area contributed by atoms with Crippen molar-refractivity contribution in [1.29, 1.82) is 0 Å². The van der Waals surface area contributed by atoms with Crippen molar-refractivity contribution in [3.63, 3.8) is 0 Å². The molecule has 0 unspecified atom stereocenters. The molecule has 1 aromatic heterocycles. The molecule has 0 radical (unpaired) electrons. The van der Waals surface area contributed by atoms with Crippen LogP contribution in [0.1, 0.15) is 30.9 Å². The Hall–Kier alpha value is -1.77. The van der Waals surface area contributed by atoms with E-state index in [-0.39, 0.29) is 5.69 Å². The minimum absolute atomic E-state index is 0.163. The molecule has 2 rings (SSSR count). The molecule has 84 valence electrons. The molecule has 2 N–H and O–H groups in total. The van der Waals surface area contributed by atoms with Crippen molar-refractivity contribution >= 4 is 0 Å². The van der Waals surface area contributed by atoms with Gasteiger partial charge >= 0.3 is 5.69 Å². The van der Waals surface area contributed by atoms with Crippen LogP contribution in [-0.2, 0) is 0 Å². The number of benzene rings is 1. The lowest BCUT2D eigenvalue weighted by Crippen LogP contribution is -2.00. The third kappa shape index (κ3) is 1.94. The Labute approximate surface area is 94.5 Å². The Balaban J connectivity index is 2.55. The number of nitrogens with one attached hydrogen (secondary N) is 2. The van der Waals surface area contributed by atoms with Crippen molar-refractivity contribution in [1.82, 2.24) is 9.97 Å². The molecule has 3 nitrogen and oxygen atoms in total. The normalized spacial score (nSPS) is 11.0. The van der Waals surface area contributed by atoms with Crippen LogP contribution in [0.25, 0.3) is 11.3 Å². The van der Waals surface area contributed by atoms with Crippen LogP contribution in [0.4, 0.5) is 0 Å². The first-order valence-corrected chi connectivity index (χ1v) is 5.46. The highest BCUT2D eigenvalue weighted by Crippen LogP contribution is 2.25. The predicted molar refractivity (Wildman–Crippen MR) is 65.7 cm³/mol. The van der Waals surface area contributed by atoms with Crippen LogP contribution in [0.3, 0.4) is 0 Å². The van der Waals surface area contributed by atoms with Gasteiger partial charge in [-0.2, -0.15) is 0 Å². The number of aromatic amines is 2. The molecule has 0 saturated heterocycles. The number of hydrogen-bond acceptors (Lipinski definition) is 1. The van der Waals surface area contributed by atoms with E-state index in [0.29, 0.717) is 5.92 Å². The Bertz CT molecular complexity index is 549. The Morgan fingerprint density at radius 2 is 2.00 bits per heavy atom. The maximum absolute atomic E-state index is 11.1. The fourth-order valence-electron chi connectivity index (χ4n) is 1.77. The van der Waals surface area contributed by atoms with E-state index < -0.39 is 0 Å². The van der Waals surface area contributed by atoms with Crippen molar-refractivity contribution in [3.05, 3.63) is 46.0 Å². The smallest absolute Gasteiger partial charge is 0.312 e. The molecular weight excluding hydrogens is 200 g/mol. The van der Waals surface area contributed by atoms with Gasteiger partial charge in [0.2, 0.25) is 0 Å². The molecule has 0 aliphatic heterocycles. The minimum atomic E-state index is -0.163. The molecule has 3 heteroatoms. The lowest BCUT2D eigenvalue weighted by molar-refractivity contribution is 0.866. The summed E-state index contributed by atoms with van der Waals surface area (Å²) in [4.78, 5) is 16.5. The van der Waals surface area contributed by atoms with Gasteiger partial charge in [0.05, 0.1) is 5.69 Å². The first-order chi connectivity index (χ1) is 7.58. The van der Waals surface area contributed by atoms with E-state index in [4.69, 9.17) is 0 Å². The van der Waals surface area contributed by atoms with Gasteiger partial charge in [-0.25, -0.2) is 4.79 Å². The van der Waals surface area contributed by atoms with Gasteiger partial charge in [0, 0.05) is 11.8 Å². The van der Waals surface area contributed by atoms with Gasteiger partial charge in [-0.3, -0.25) is 0 Å². The first-order valence-electron chi connectivity index (χ1n) is 5.46. The number of H-pyrrole nitrogens is 2. The molecule has 0 aliphatic rings. The number of aromatic nitrogens is 2. The maximum Gasteiger partial charge on any atom is 0.323 e. The van der Waals surface area contributed by atoms with E-state index in [1.807, 2.05) is 6.92 Å². The van der Waals surface area contributed by atoms with Gasteiger partial charge in [-0.15, -0.1) is 0 Å². The Morgan fingerprint density at radius 3 is 2.56 bits per heavy atom. The largest absolute Gasteiger partial charge is 0.323 e. The summed E-state index contributed by atoms with van der Waals surface area (Å²) in [6.07, 6.45) is 1.72. The van der Waals surface area contributed by atoms with E-state index in [2.05, 4.69) is 42.0 Å².